The summed E-state index contributed by atoms with van der Waals surface area (Å²) in [4.78, 5) is 33.7. The van der Waals surface area contributed by atoms with E-state index in [0.29, 0.717) is 34.6 Å². The molecule has 1 aliphatic heterocycles. The number of hydrogen-bond donors (Lipinski definition) is 1. The van der Waals surface area contributed by atoms with E-state index in [1.807, 2.05) is 11.8 Å². The summed E-state index contributed by atoms with van der Waals surface area (Å²) >= 11 is 1.32. The van der Waals surface area contributed by atoms with E-state index in [1.165, 1.54) is 11.3 Å². The van der Waals surface area contributed by atoms with E-state index in [4.69, 9.17) is 0 Å². The topological polar surface area (TPSA) is 75.4 Å². The first-order valence-electron chi connectivity index (χ1n) is 9.98. The normalized spacial score (nSPS) is 17.6. The van der Waals surface area contributed by atoms with Crippen molar-refractivity contribution in [3.8, 4) is 0 Å². The highest BCUT2D eigenvalue weighted by atomic mass is 32.1. The van der Waals surface area contributed by atoms with Crippen molar-refractivity contribution in [3.63, 3.8) is 0 Å². The Balaban J connectivity index is 1.93. The molecule has 6 nitrogen and oxygen atoms in total. The van der Waals surface area contributed by atoms with E-state index in [9.17, 15) is 14.7 Å². The second kappa shape index (κ2) is 8.97. The molecule has 2 aromatic heterocycles. The first-order valence-corrected chi connectivity index (χ1v) is 10.8. The minimum atomic E-state index is -0.0468. The number of likely N-dealkylation sites (tertiary alicyclic amines) is 1. The lowest BCUT2D eigenvalue weighted by Gasteiger charge is -2.35. The molecule has 0 bridgehead atoms. The van der Waals surface area contributed by atoms with Crippen molar-refractivity contribution in [1.82, 2.24) is 14.5 Å². The van der Waals surface area contributed by atoms with Crippen LogP contribution in [0.1, 0.15) is 67.1 Å². The third kappa shape index (κ3) is 4.09. The van der Waals surface area contributed by atoms with Gasteiger partial charge in [-0.2, -0.15) is 0 Å². The van der Waals surface area contributed by atoms with Gasteiger partial charge in [-0.3, -0.25) is 14.2 Å². The van der Waals surface area contributed by atoms with Gasteiger partial charge in [-0.15, -0.1) is 11.3 Å². The molecule has 1 fully saturated rings. The summed E-state index contributed by atoms with van der Waals surface area (Å²) < 4.78 is 1.67. The molecular weight excluding hydrogens is 362 g/mol. The third-order valence-corrected chi connectivity index (χ3v) is 6.65. The van der Waals surface area contributed by atoms with E-state index in [-0.39, 0.29) is 24.1 Å². The Bertz CT molecular complexity index is 856. The van der Waals surface area contributed by atoms with Crippen LogP contribution in [-0.4, -0.2) is 44.7 Å². The number of unbranched alkanes of at least 4 members (excludes halogenated alkanes) is 2. The Hall–Kier alpha value is -1.73. The highest BCUT2D eigenvalue weighted by Crippen LogP contribution is 2.30. The maximum absolute atomic E-state index is 13.2. The summed E-state index contributed by atoms with van der Waals surface area (Å²) in [6.07, 6.45) is 8.36. The van der Waals surface area contributed by atoms with Crippen LogP contribution in [0.15, 0.2) is 11.1 Å². The Morgan fingerprint density at radius 1 is 1.37 bits per heavy atom. The van der Waals surface area contributed by atoms with Crippen molar-refractivity contribution in [1.29, 1.82) is 0 Å². The van der Waals surface area contributed by atoms with Crippen LogP contribution in [0.4, 0.5) is 0 Å². The van der Waals surface area contributed by atoms with Gasteiger partial charge in [0.25, 0.3) is 11.5 Å². The average Bonchev–Trinajstić information content (AvgIpc) is 3.01. The number of thiophene rings is 1. The van der Waals surface area contributed by atoms with Gasteiger partial charge in [-0.05, 0) is 44.6 Å². The van der Waals surface area contributed by atoms with Gasteiger partial charge in [-0.25, -0.2) is 4.98 Å². The van der Waals surface area contributed by atoms with Crippen molar-refractivity contribution in [3.05, 3.63) is 27.1 Å². The Kier molecular flexibility index (Phi) is 6.65. The molecule has 0 aliphatic carbocycles. The number of aromatic nitrogens is 2. The van der Waals surface area contributed by atoms with E-state index in [1.54, 1.807) is 10.9 Å². The smallest absolute Gasteiger partial charge is 0.264 e. The minimum absolute atomic E-state index is 0.0226. The summed E-state index contributed by atoms with van der Waals surface area (Å²) in [6, 6.07) is 0.0829. The third-order valence-electron chi connectivity index (χ3n) is 5.46. The number of nitrogens with zero attached hydrogens (tertiary/aromatic N) is 3. The number of carbonyl (C=O) groups is 1. The molecule has 1 unspecified atom stereocenters. The fourth-order valence-electron chi connectivity index (χ4n) is 3.90. The molecule has 1 aliphatic rings. The lowest BCUT2D eigenvalue weighted by Crippen LogP contribution is -2.44. The zero-order valence-electron chi connectivity index (χ0n) is 16.2. The van der Waals surface area contributed by atoms with Crippen molar-refractivity contribution < 1.29 is 9.90 Å². The van der Waals surface area contributed by atoms with Gasteiger partial charge >= 0.3 is 0 Å². The van der Waals surface area contributed by atoms with Crippen LogP contribution in [-0.2, 0) is 6.54 Å². The monoisotopic (exact) mass is 391 g/mol. The summed E-state index contributed by atoms with van der Waals surface area (Å²) in [5, 5.41) is 9.91. The zero-order valence-corrected chi connectivity index (χ0v) is 17.1. The first kappa shape index (κ1) is 20.0. The van der Waals surface area contributed by atoms with E-state index < -0.39 is 0 Å². The highest BCUT2D eigenvalue weighted by molar-refractivity contribution is 7.20. The standard InChI is InChI=1S/C20H29N3O3S/c1-3-4-6-10-22-13-21-18-16(19(22)25)14(2)17(27-18)20(26)23-11-7-5-8-15(23)9-12-24/h13,15,24H,3-12H2,1-2H3. The van der Waals surface area contributed by atoms with Gasteiger partial charge in [0.1, 0.15) is 4.83 Å². The Morgan fingerprint density at radius 3 is 2.93 bits per heavy atom. The van der Waals surface area contributed by atoms with Gasteiger partial charge in [0.2, 0.25) is 0 Å². The van der Waals surface area contributed by atoms with Crippen LogP contribution in [0.2, 0.25) is 0 Å². The second-order valence-corrected chi connectivity index (χ2v) is 8.35. The quantitative estimate of drug-likeness (QED) is 0.735. The fraction of sp³-hybridized carbons (Fsp3) is 0.650. The second-order valence-electron chi connectivity index (χ2n) is 7.35. The number of amides is 1. The molecule has 1 N–H and O–H groups in total. The number of aliphatic hydroxyl groups excluding tert-OH is 1. The van der Waals surface area contributed by atoms with Gasteiger partial charge in [0.05, 0.1) is 16.6 Å². The van der Waals surface area contributed by atoms with Crippen LogP contribution in [0.5, 0.6) is 0 Å². The molecule has 1 atom stereocenters. The molecule has 1 saturated heterocycles. The number of aliphatic hydroxyl groups is 1. The van der Waals surface area contributed by atoms with E-state index >= 15 is 0 Å². The average molecular weight is 392 g/mol. The zero-order chi connectivity index (χ0) is 19.4. The van der Waals surface area contributed by atoms with Crippen molar-refractivity contribution in [2.75, 3.05) is 13.2 Å². The largest absolute Gasteiger partial charge is 0.396 e. The predicted molar refractivity (Wildman–Crippen MR) is 109 cm³/mol. The summed E-state index contributed by atoms with van der Waals surface area (Å²) in [5.41, 5.74) is 0.699. The van der Waals surface area contributed by atoms with E-state index in [0.717, 1.165) is 44.1 Å². The summed E-state index contributed by atoms with van der Waals surface area (Å²) in [6.45, 7) is 5.46. The van der Waals surface area contributed by atoms with Crippen LogP contribution in [0, 0.1) is 6.92 Å². The van der Waals surface area contributed by atoms with Gasteiger partial charge in [-0.1, -0.05) is 19.8 Å². The molecule has 2 aromatic rings. The molecule has 3 heterocycles. The van der Waals surface area contributed by atoms with Crippen LogP contribution < -0.4 is 5.56 Å². The molecule has 27 heavy (non-hydrogen) atoms. The van der Waals surface area contributed by atoms with Crippen LogP contribution >= 0.6 is 11.3 Å². The summed E-state index contributed by atoms with van der Waals surface area (Å²) in [7, 11) is 0. The van der Waals surface area contributed by atoms with Crippen molar-refractivity contribution >= 4 is 27.5 Å². The lowest BCUT2D eigenvalue weighted by molar-refractivity contribution is 0.0579. The van der Waals surface area contributed by atoms with Gasteiger partial charge < -0.3 is 10.0 Å². The molecular formula is C20H29N3O3S. The number of piperidine rings is 1. The van der Waals surface area contributed by atoms with Crippen molar-refractivity contribution in [2.45, 2.75) is 71.4 Å². The molecule has 3 rings (SSSR count). The van der Waals surface area contributed by atoms with Crippen molar-refractivity contribution in [2.24, 2.45) is 0 Å². The molecule has 0 spiro atoms. The van der Waals surface area contributed by atoms with Gasteiger partial charge in [0, 0.05) is 25.7 Å². The molecule has 7 heteroatoms. The molecule has 0 aromatic carbocycles. The molecule has 1 amide bonds. The molecule has 0 radical (unpaired) electrons. The fourth-order valence-corrected chi connectivity index (χ4v) is 5.00. The number of aryl methyl sites for hydroxylation is 2. The number of hydrogen-bond acceptors (Lipinski definition) is 5. The highest BCUT2D eigenvalue weighted by Gasteiger charge is 2.30. The minimum Gasteiger partial charge on any atom is -0.396 e. The Morgan fingerprint density at radius 2 is 2.19 bits per heavy atom. The number of carbonyl (C=O) groups excluding carboxylic acids is 1. The molecule has 148 valence electrons. The predicted octanol–water partition coefficient (Wildman–Crippen LogP) is 3.33. The van der Waals surface area contributed by atoms with E-state index in [2.05, 4.69) is 11.9 Å². The number of rotatable bonds is 7. The molecule has 0 saturated carbocycles. The SMILES string of the molecule is CCCCCn1cnc2sc(C(=O)N3CCCCC3CCO)c(C)c2c1=O. The summed E-state index contributed by atoms with van der Waals surface area (Å²) in [5.74, 6) is -0.0226. The van der Waals surface area contributed by atoms with Gasteiger partial charge in [0.15, 0.2) is 0 Å². The Labute approximate surface area is 163 Å². The first-order chi connectivity index (χ1) is 13.1. The number of fused-ring (bicyclic) bond motifs is 1. The lowest BCUT2D eigenvalue weighted by atomic mass is 9.99. The maximum atomic E-state index is 13.2. The van der Waals surface area contributed by atoms with Crippen LogP contribution in [0.3, 0.4) is 0 Å². The van der Waals surface area contributed by atoms with Crippen LogP contribution in [0.25, 0.3) is 10.2 Å². The maximum Gasteiger partial charge on any atom is 0.264 e.